The highest BCUT2D eigenvalue weighted by Crippen LogP contribution is 2.45. The average Bonchev–Trinajstić information content (AvgIpc) is 3.02. The lowest BCUT2D eigenvalue weighted by Crippen LogP contribution is -2.10. The maximum Gasteiger partial charge on any atom is 0.346 e. The summed E-state index contributed by atoms with van der Waals surface area (Å²) in [5.74, 6) is 0.108. The Hall–Kier alpha value is -1.53. The molecule has 0 aliphatic carbocycles. The minimum absolute atomic E-state index is 0.285. The van der Waals surface area contributed by atoms with E-state index in [0.29, 0.717) is 16.4 Å². The van der Waals surface area contributed by atoms with Gasteiger partial charge in [-0.2, -0.15) is 0 Å². The summed E-state index contributed by atoms with van der Waals surface area (Å²) in [6, 6.07) is 9.94. The number of carbonyl (C=O) groups excluding carboxylic acids is 1. The lowest BCUT2D eigenvalue weighted by atomic mass is 10.2. The monoisotopic (exact) mass is 338 g/mol. The van der Waals surface area contributed by atoms with Gasteiger partial charge in [-0.3, -0.25) is 0 Å². The van der Waals surface area contributed by atoms with Gasteiger partial charge < -0.3 is 4.74 Å². The van der Waals surface area contributed by atoms with E-state index < -0.39 is 17.6 Å². The highest BCUT2D eigenvalue weighted by molar-refractivity contribution is 8.19. The van der Waals surface area contributed by atoms with Gasteiger partial charge in [0.15, 0.2) is 0 Å². The van der Waals surface area contributed by atoms with Crippen LogP contribution in [0.2, 0.25) is 0 Å². The van der Waals surface area contributed by atoms with Crippen molar-refractivity contribution in [2.75, 3.05) is 11.5 Å². The molecule has 0 aromatic heterocycles. The van der Waals surface area contributed by atoms with E-state index >= 15 is 0 Å². The molecule has 0 spiro atoms. The van der Waals surface area contributed by atoms with Crippen LogP contribution in [0.25, 0.3) is 0 Å². The molecule has 22 heavy (non-hydrogen) atoms. The molecule has 0 amide bonds. The molecule has 0 atom stereocenters. The third-order valence-corrected chi connectivity index (χ3v) is 6.24. The van der Waals surface area contributed by atoms with Crippen molar-refractivity contribution >= 4 is 29.5 Å². The van der Waals surface area contributed by atoms with E-state index in [4.69, 9.17) is 4.74 Å². The lowest BCUT2D eigenvalue weighted by molar-refractivity contribution is 0.0730. The zero-order valence-electron chi connectivity index (χ0n) is 11.4. The molecule has 0 bridgehead atoms. The lowest BCUT2D eigenvalue weighted by Gasteiger charge is -2.09. The normalized spacial score (nSPS) is 15.0. The maximum atomic E-state index is 13.5. The predicted molar refractivity (Wildman–Crippen MR) is 85.4 cm³/mol. The van der Waals surface area contributed by atoms with Crippen LogP contribution in [-0.2, 0) is 0 Å². The fourth-order valence-electron chi connectivity index (χ4n) is 2.06. The Morgan fingerprint density at radius 1 is 1.05 bits per heavy atom. The molecule has 1 heterocycles. The van der Waals surface area contributed by atoms with Crippen LogP contribution >= 0.6 is 23.5 Å². The van der Waals surface area contributed by atoms with Crippen LogP contribution in [0.3, 0.4) is 0 Å². The first-order chi connectivity index (χ1) is 10.6. The summed E-state index contributed by atoms with van der Waals surface area (Å²) in [5, 5.41) is 0. The van der Waals surface area contributed by atoms with E-state index in [9.17, 15) is 13.6 Å². The fourth-order valence-corrected chi connectivity index (χ4v) is 4.92. The van der Waals surface area contributed by atoms with E-state index in [1.165, 1.54) is 5.56 Å². The second-order valence-electron chi connectivity index (χ2n) is 4.66. The van der Waals surface area contributed by atoms with Crippen molar-refractivity contribution in [3.05, 3.63) is 65.2 Å². The van der Waals surface area contributed by atoms with E-state index in [1.807, 2.05) is 35.7 Å². The van der Waals surface area contributed by atoms with Gasteiger partial charge in [0.1, 0.15) is 17.4 Å². The van der Waals surface area contributed by atoms with Gasteiger partial charge in [-0.1, -0.05) is 12.1 Å². The van der Waals surface area contributed by atoms with Gasteiger partial charge in [-0.05, 0) is 29.8 Å². The number of benzene rings is 2. The third-order valence-electron chi connectivity index (χ3n) is 3.14. The molecule has 1 aliphatic rings. The van der Waals surface area contributed by atoms with Crippen LogP contribution < -0.4 is 4.74 Å². The number of thioether (sulfide) groups is 2. The number of rotatable bonds is 3. The average molecular weight is 338 g/mol. The van der Waals surface area contributed by atoms with Crippen molar-refractivity contribution in [1.29, 1.82) is 0 Å². The first kappa shape index (κ1) is 15.4. The van der Waals surface area contributed by atoms with Crippen LogP contribution in [0, 0.1) is 11.6 Å². The Morgan fingerprint density at radius 2 is 1.73 bits per heavy atom. The smallest absolute Gasteiger partial charge is 0.346 e. The van der Waals surface area contributed by atoms with Gasteiger partial charge in [0.05, 0.1) is 10.1 Å². The van der Waals surface area contributed by atoms with Crippen molar-refractivity contribution < 1.29 is 18.3 Å². The second kappa shape index (κ2) is 6.71. The van der Waals surface area contributed by atoms with E-state index in [0.717, 1.165) is 23.6 Å². The summed E-state index contributed by atoms with van der Waals surface area (Å²) in [6.45, 7) is 0. The number of hydrogen-bond donors (Lipinski definition) is 0. The molecule has 1 saturated heterocycles. The van der Waals surface area contributed by atoms with Crippen LogP contribution in [0.4, 0.5) is 8.78 Å². The Kier molecular flexibility index (Phi) is 4.69. The fraction of sp³-hybridized carbons (Fsp3) is 0.188. The molecule has 1 fully saturated rings. The van der Waals surface area contributed by atoms with E-state index in [2.05, 4.69) is 0 Å². The molecule has 3 rings (SSSR count). The van der Waals surface area contributed by atoms with Gasteiger partial charge in [-0.25, -0.2) is 13.6 Å². The molecule has 2 nitrogen and oxygen atoms in total. The van der Waals surface area contributed by atoms with Crippen LogP contribution in [-0.4, -0.2) is 17.5 Å². The third kappa shape index (κ3) is 3.44. The highest BCUT2D eigenvalue weighted by atomic mass is 32.2. The summed E-state index contributed by atoms with van der Waals surface area (Å²) in [4.78, 5) is 11.9. The molecule has 2 aromatic carbocycles. The molecule has 0 unspecified atom stereocenters. The van der Waals surface area contributed by atoms with Gasteiger partial charge in [0.2, 0.25) is 0 Å². The molecule has 6 heteroatoms. The van der Waals surface area contributed by atoms with Crippen molar-refractivity contribution in [1.82, 2.24) is 0 Å². The molecule has 0 radical (unpaired) electrons. The van der Waals surface area contributed by atoms with Crippen LogP contribution in [0.15, 0.2) is 42.5 Å². The quantitative estimate of drug-likeness (QED) is 0.600. The molecule has 0 saturated carbocycles. The minimum Gasteiger partial charge on any atom is -0.423 e. The SMILES string of the molecule is O=C(Oc1ccc(C2SCCS2)cc1)c1ccc(F)cc1F. The predicted octanol–water partition coefficient (Wildman–Crippen LogP) is 4.66. The maximum absolute atomic E-state index is 13.5. The first-order valence-electron chi connectivity index (χ1n) is 6.64. The van der Waals surface area contributed by atoms with Crippen LogP contribution in [0.5, 0.6) is 5.75 Å². The van der Waals surface area contributed by atoms with Gasteiger partial charge in [0, 0.05) is 17.6 Å². The van der Waals surface area contributed by atoms with Crippen LogP contribution in [0.1, 0.15) is 20.5 Å². The number of carbonyl (C=O) groups is 1. The molecule has 0 N–H and O–H groups in total. The summed E-state index contributed by atoms with van der Waals surface area (Å²) in [7, 11) is 0. The summed E-state index contributed by atoms with van der Waals surface area (Å²) in [5.41, 5.74) is 0.882. The minimum atomic E-state index is -0.930. The number of halogens is 2. The topological polar surface area (TPSA) is 26.3 Å². The highest BCUT2D eigenvalue weighted by Gasteiger charge is 2.19. The second-order valence-corrected chi connectivity index (χ2v) is 7.38. The molecular weight excluding hydrogens is 326 g/mol. The van der Waals surface area contributed by atoms with Crippen molar-refractivity contribution in [2.24, 2.45) is 0 Å². The standard InChI is InChI=1S/C16H12F2O2S2/c17-11-3-6-13(14(18)9-11)15(19)20-12-4-1-10(2-5-12)16-21-7-8-22-16/h1-6,9,16H,7-8H2. The van der Waals surface area contributed by atoms with Crippen molar-refractivity contribution in [3.63, 3.8) is 0 Å². The Morgan fingerprint density at radius 3 is 2.36 bits per heavy atom. The van der Waals surface area contributed by atoms with Gasteiger partial charge in [0.25, 0.3) is 0 Å². The number of esters is 1. The van der Waals surface area contributed by atoms with Crippen molar-refractivity contribution in [2.45, 2.75) is 4.58 Å². The Labute approximate surface area is 135 Å². The molecule has 2 aromatic rings. The van der Waals surface area contributed by atoms with Gasteiger partial charge in [-0.15, -0.1) is 23.5 Å². The van der Waals surface area contributed by atoms with Crippen molar-refractivity contribution in [3.8, 4) is 5.75 Å². The molecule has 114 valence electrons. The summed E-state index contributed by atoms with van der Waals surface area (Å²) in [6.07, 6.45) is 0. The Balaban J connectivity index is 1.71. The zero-order valence-corrected chi connectivity index (χ0v) is 13.1. The summed E-state index contributed by atoms with van der Waals surface area (Å²) < 4.78 is 31.9. The van der Waals surface area contributed by atoms with Gasteiger partial charge >= 0.3 is 5.97 Å². The Bertz CT molecular complexity index is 683. The molecular formula is C16H12F2O2S2. The first-order valence-corrected chi connectivity index (χ1v) is 8.73. The summed E-state index contributed by atoms with van der Waals surface area (Å²) >= 11 is 3.77. The number of ether oxygens (including phenoxy) is 1. The van der Waals surface area contributed by atoms with E-state index in [-0.39, 0.29) is 5.56 Å². The zero-order chi connectivity index (χ0) is 15.5. The largest absolute Gasteiger partial charge is 0.423 e. The van der Waals surface area contributed by atoms with E-state index in [1.54, 1.807) is 12.1 Å². The number of hydrogen-bond acceptors (Lipinski definition) is 4. The molecule has 1 aliphatic heterocycles.